The Morgan fingerprint density at radius 2 is 2.38 bits per heavy atom. The van der Waals surface area contributed by atoms with E-state index >= 15 is 0 Å². The van der Waals surface area contributed by atoms with Crippen LogP contribution in [0.3, 0.4) is 0 Å². The topological polar surface area (TPSA) is 32.3 Å². The van der Waals surface area contributed by atoms with Crippen molar-refractivity contribution in [3.05, 3.63) is 0 Å². The van der Waals surface area contributed by atoms with Crippen molar-refractivity contribution in [1.82, 2.24) is 9.62 Å². The molecule has 4 heteroatoms. The van der Waals surface area contributed by atoms with E-state index in [1.54, 1.807) is 0 Å². The van der Waals surface area contributed by atoms with Gasteiger partial charge >= 0.3 is 0 Å². The number of piperidine rings is 1. The van der Waals surface area contributed by atoms with Crippen molar-refractivity contribution in [3.63, 3.8) is 0 Å². The van der Waals surface area contributed by atoms with Gasteiger partial charge in [-0.1, -0.05) is 6.92 Å². The summed E-state index contributed by atoms with van der Waals surface area (Å²) in [6, 6.07) is 0.615. The number of hydrogen-bond donors (Lipinski definition) is 1. The second-order valence-corrected chi connectivity index (χ2v) is 5.66. The minimum Gasteiger partial charge on any atom is -0.312 e. The van der Waals surface area contributed by atoms with Gasteiger partial charge in [-0.05, 0) is 25.3 Å². The third kappa shape index (κ3) is 1.95. The zero-order valence-corrected chi connectivity index (χ0v) is 8.98. The van der Waals surface area contributed by atoms with E-state index in [0.717, 1.165) is 31.3 Å². The molecule has 76 valence electrons. The molecule has 13 heavy (non-hydrogen) atoms. The third-order valence-corrected chi connectivity index (χ3v) is 4.47. The first kappa shape index (κ1) is 9.62. The fourth-order valence-electron chi connectivity index (χ4n) is 2.36. The number of rotatable bonds is 2. The lowest BCUT2D eigenvalue weighted by atomic mass is 9.94. The van der Waals surface area contributed by atoms with Crippen LogP contribution in [0, 0.1) is 5.92 Å². The SMILES string of the molecule is CCS(=O)N1C[C@@H]2CCCN[C@@H]2C1. The van der Waals surface area contributed by atoms with Crippen LogP contribution in [-0.4, -0.2) is 39.9 Å². The van der Waals surface area contributed by atoms with Crippen LogP contribution in [0.5, 0.6) is 0 Å². The van der Waals surface area contributed by atoms with Gasteiger partial charge in [0, 0.05) is 24.9 Å². The van der Waals surface area contributed by atoms with Gasteiger partial charge in [-0.2, -0.15) is 0 Å². The van der Waals surface area contributed by atoms with Crippen LogP contribution in [-0.2, 0) is 11.0 Å². The van der Waals surface area contributed by atoms with E-state index < -0.39 is 11.0 Å². The van der Waals surface area contributed by atoms with Gasteiger partial charge in [-0.3, -0.25) is 0 Å². The molecule has 0 aliphatic carbocycles. The number of nitrogens with zero attached hydrogens (tertiary/aromatic N) is 1. The van der Waals surface area contributed by atoms with Gasteiger partial charge in [-0.25, -0.2) is 8.51 Å². The fourth-order valence-corrected chi connectivity index (χ4v) is 3.41. The van der Waals surface area contributed by atoms with E-state index in [9.17, 15) is 4.21 Å². The first-order valence-electron chi connectivity index (χ1n) is 5.18. The Hall–Kier alpha value is 0.0700. The Morgan fingerprint density at radius 3 is 3.08 bits per heavy atom. The summed E-state index contributed by atoms with van der Waals surface area (Å²) >= 11 is 0. The highest BCUT2D eigenvalue weighted by molar-refractivity contribution is 7.82. The lowest BCUT2D eigenvalue weighted by Gasteiger charge is -2.24. The molecule has 2 aliphatic heterocycles. The molecule has 0 aromatic heterocycles. The Balaban J connectivity index is 1.94. The van der Waals surface area contributed by atoms with Crippen molar-refractivity contribution in [2.45, 2.75) is 25.8 Å². The van der Waals surface area contributed by atoms with Gasteiger partial charge in [0.2, 0.25) is 0 Å². The second-order valence-electron chi connectivity index (χ2n) is 3.92. The first-order valence-corrected chi connectivity index (χ1v) is 6.45. The average Bonchev–Trinajstić information content (AvgIpc) is 2.59. The molecular formula is C9H18N2OS. The molecule has 0 spiro atoms. The molecule has 0 saturated carbocycles. The van der Waals surface area contributed by atoms with Gasteiger partial charge in [-0.15, -0.1) is 0 Å². The summed E-state index contributed by atoms with van der Waals surface area (Å²) in [6.45, 7) is 5.17. The zero-order valence-electron chi connectivity index (χ0n) is 8.16. The highest BCUT2D eigenvalue weighted by atomic mass is 32.2. The molecule has 0 amide bonds. The van der Waals surface area contributed by atoms with Gasteiger partial charge in [0.05, 0.1) is 11.0 Å². The molecule has 3 nitrogen and oxygen atoms in total. The molecule has 1 N–H and O–H groups in total. The molecule has 0 bridgehead atoms. The molecule has 1 unspecified atom stereocenters. The van der Waals surface area contributed by atoms with Crippen molar-refractivity contribution in [3.8, 4) is 0 Å². The summed E-state index contributed by atoms with van der Waals surface area (Å²) in [5.74, 6) is 1.52. The van der Waals surface area contributed by atoms with Gasteiger partial charge in [0.1, 0.15) is 0 Å². The molecule has 2 fully saturated rings. The highest BCUT2D eigenvalue weighted by Gasteiger charge is 2.35. The first-order chi connectivity index (χ1) is 6.31. The van der Waals surface area contributed by atoms with Crippen molar-refractivity contribution in [2.75, 3.05) is 25.4 Å². The molecule has 2 heterocycles. The number of hydrogen-bond acceptors (Lipinski definition) is 2. The maximum absolute atomic E-state index is 11.6. The van der Waals surface area contributed by atoms with Crippen molar-refractivity contribution < 1.29 is 4.21 Å². The molecule has 2 saturated heterocycles. The Morgan fingerprint density at radius 1 is 1.54 bits per heavy atom. The standard InChI is InChI=1S/C9H18N2OS/c1-2-13(12)11-6-8-4-3-5-10-9(8)7-11/h8-10H,2-7H2,1H3/t8-,9+,13?/m0/s1. The van der Waals surface area contributed by atoms with Crippen molar-refractivity contribution in [1.29, 1.82) is 0 Å². The van der Waals surface area contributed by atoms with Crippen LogP contribution >= 0.6 is 0 Å². The van der Waals surface area contributed by atoms with Crippen LogP contribution in [0.2, 0.25) is 0 Å². The largest absolute Gasteiger partial charge is 0.312 e. The lowest BCUT2D eigenvalue weighted by molar-refractivity contribution is 0.339. The normalized spacial score (nSPS) is 37.3. The van der Waals surface area contributed by atoms with Gasteiger partial charge in [0.25, 0.3) is 0 Å². The summed E-state index contributed by atoms with van der Waals surface area (Å²) in [5.41, 5.74) is 0. The average molecular weight is 202 g/mol. The van der Waals surface area contributed by atoms with Crippen LogP contribution in [0.4, 0.5) is 0 Å². The molecule has 2 aliphatic rings. The smallest absolute Gasteiger partial charge is 0.0940 e. The molecule has 0 radical (unpaired) electrons. The second kappa shape index (κ2) is 4.07. The van der Waals surface area contributed by atoms with E-state index in [2.05, 4.69) is 9.62 Å². The van der Waals surface area contributed by atoms with Crippen LogP contribution in [0.25, 0.3) is 0 Å². The summed E-state index contributed by atoms with van der Waals surface area (Å²) in [6.07, 6.45) is 2.60. The fraction of sp³-hybridized carbons (Fsp3) is 1.00. The highest BCUT2D eigenvalue weighted by Crippen LogP contribution is 2.25. The van der Waals surface area contributed by atoms with E-state index in [1.165, 1.54) is 12.8 Å². The van der Waals surface area contributed by atoms with Crippen LogP contribution in [0.1, 0.15) is 19.8 Å². The summed E-state index contributed by atoms with van der Waals surface area (Å²) in [7, 11) is -0.726. The van der Waals surface area contributed by atoms with Gasteiger partial charge < -0.3 is 5.32 Å². The van der Waals surface area contributed by atoms with Gasteiger partial charge in [0.15, 0.2) is 0 Å². The third-order valence-electron chi connectivity index (χ3n) is 3.10. The Labute approximate surface area is 82.5 Å². The van der Waals surface area contributed by atoms with Crippen molar-refractivity contribution in [2.24, 2.45) is 5.92 Å². The molecule has 3 atom stereocenters. The van der Waals surface area contributed by atoms with Crippen molar-refractivity contribution >= 4 is 11.0 Å². The monoisotopic (exact) mass is 202 g/mol. The lowest BCUT2D eigenvalue weighted by Crippen LogP contribution is -2.40. The van der Waals surface area contributed by atoms with E-state index in [4.69, 9.17) is 0 Å². The minimum absolute atomic E-state index is 0.615. The maximum Gasteiger partial charge on any atom is 0.0940 e. The quantitative estimate of drug-likeness (QED) is 0.701. The zero-order chi connectivity index (χ0) is 9.26. The van der Waals surface area contributed by atoms with Crippen LogP contribution in [0.15, 0.2) is 0 Å². The molecule has 0 aromatic carbocycles. The summed E-state index contributed by atoms with van der Waals surface area (Å²) in [4.78, 5) is 0. The number of nitrogens with one attached hydrogen (secondary N) is 1. The molecular weight excluding hydrogens is 184 g/mol. The molecule has 2 rings (SSSR count). The van der Waals surface area contributed by atoms with E-state index in [-0.39, 0.29) is 0 Å². The molecule has 0 aromatic rings. The maximum atomic E-state index is 11.6. The van der Waals surface area contributed by atoms with E-state index in [1.807, 2.05) is 6.92 Å². The predicted molar refractivity (Wildman–Crippen MR) is 54.8 cm³/mol. The number of fused-ring (bicyclic) bond motifs is 1. The Bertz CT molecular complexity index is 196. The van der Waals surface area contributed by atoms with E-state index in [0.29, 0.717) is 6.04 Å². The predicted octanol–water partition coefficient (Wildman–Crippen LogP) is 0.354. The summed E-state index contributed by atoms with van der Waals surface area (Å²) < 4.78 is 13.7. The van der Waals surface area contributed by atoms with Crippen LogP contribution < -0.4 is 5.32 Å². The summed E-state index contributed by atoms with van der Waals surface area (Å²) in [5, 5.41) is 3.51. The Kier molecular flexibility index (Phi) is 3.01. The minimum atomic E-state index is -0.726.